The number of aliphatic hydroxyl groups is 1. The summed E-state index contributed by atoms with van der Waals surface area (Å²) in [6.07, 6.45) is 4.34. The Bertz CT molecular complexity index is 525. The summed E-state index contributed by atoms with van der Waals surface area (Å²) in [7, 11) is 0. The molecule has 1 aliphatic heterocycles. The SMILES string of the molecule is OCC1CCCN(Cc2cnc3ccsc3c2)C1. The third-order valence-electron chi connectivity index (χ3n) is 3.63. The molecular weight excluding hydrogens is 244 g/mol. The lowest BCUT2D eigenvalue weighted by Crippen LogP contribution is -2.36. The number of nitrogens with zero attached hydrogens (tertiary/aromatic N) is 2. The maximum atomic E-state index is 9.25. The molecule has 3 heterocycles. The lowest BCUT2D eigenvalue weighted by atomic mass is 9.99. The third-order valence-corrected chi connectivity index (χ3v) is 4.48. The molecule has 0 amide bonds. The summed E-state index contributed by atoms with van der Waals surface area (Å²) in [6, 6.07) is 4.31. The standard InChI is InChI=1S/C14H18N2OS/c17-10-11-2-1-4-16(8-11)9-12-6-14-13(15-7-12)3-5-18-14/h3,5-7,11,17H,1-2,4,8-10H2. The van der Waals surface area contributed by atoms with E-state index in [9.17, 15) is 5.11 Å². The van der Waals surface area contributed by atoms with E-state index in [2.05, 4.69) is 27.4 Å². The summed E-state index contributed by atoms with van der Waals surface area (Å²) >= 11 is 1.75. The first kappa shape index (κ1) is 12.1. The van der Waals surface area contributed by atoms with Crippen molar-refractivity contribution in [2.75, 3.05) is 19.7 Å². The van der Waals surface area contributed by atoms with Crippen LogP contribution in [0, 0.1) is 5.92 Å². The minimum atomic E-state index is 0.318. The molecular formula is C14H18N2OS. The van der Waals surface area contributed by atoms with Gasteiger partial charge in [-0.05, 0) is 48.4 Å². The van der Waals surface area contributed by atoms with Gasteiger partial charge in [0, 0.05) is 25.9 Å². The van der Waals surface area contributed by atoms with E-state index in [0.29, 0.717) is 12.5 Å². The number of rotatable bonds is 3. The van der Waals surface area contributed by atoms with Gasteiger partial charge in [-0.2, -0.15) is 0 Å². The highest BCUT2D eigenvalue weighted by Gasteiger charge is 2.19. The van der Waals surface area contributed by atoms with Crippen molar-refractivity contribution >= 4 is 21.6 Å². The predicted octanol–water partition coefficient (Wildman–Crippen LogP) is 2.50. The van der Waals surface area contributed by atoms with Crippen LogP contribution in [-0.4, -0.2) is 34.7 Å². The first-order valence-electron chi connectivity index (χ1n) is 6.50. The second kappa shape index (κ2) is 5.34. The van der Waals surface area contributed by atoms with E-state index in [1.165, 1.54) is 16.7 Å². The number of hydrogen-bond donors (Lipinski definition) is 1. The normalized spacial score (nSPS) is 21.5. The van der Waals surface area contributed by atoms with Crippen molar-refractivity contribution in [3.63, 3.8) is 0 Å². The second-order valence-electron chi connectivity index (χ2n) is 5.07. The molecule has 1 saturated heterocycles. The summed E-state index contributed by atoms with van der Waals surface area (Å²) < 4.78 is 1.27. The molecule has 18 heavy (non-hydrogen) atoms. The Kier molecular flexibility index (Phi) is 3.59. The third kappa shape index (κ3) is 2.55. The van der Waals surface area contributed by atoms with Crippen molar-refractivity contribution in [1.82, 2.24) is 9.88 Å². The van der Waals surface area contributed by atoms with Gasteiger partial charge in [0.05, 0.1) is 10.2 Å². The second-order valence-corrected chi connectivity index (χ2v) is 6.02. The van der Waals surface area contributed by atoms with Crippen molar-refractivity contribution < 1.29 is 5.11 Å². The van der Waals surface area contributed by atoms with Gasteiger partial charge >= 0.3 is 0 Å². The van der Waals surface area contributed by atoms with E-state index in [1.54, 1.807) is 11.3 Å². The van der Waals surface area contributed by atoms with Gasteiger partial charge in [-0.3, -0.25) is 9.88 Å². The van der Waals surface area contributed by atoms with Crippen LogP contribution in [0.25, 0.3) is 10.2 Å². The number of likely N-dealkylation sites (tertiary alicyclic amines) is 1. The average Bonchev–Trinajstić information content (AvgIpc) is 2.86. The Hall–Kier alpha value is -0.970. The summed E-state index contributed by atoms with van der Waals surface area (Å²) in [6.45, 7) is 3.42. The molecule has 1 aliphatic rings. The predicted molar refractivity (Wildman–Crippen MR) is 74.7 cm³/mol. The van der Waals surface area contributed by atoms with Gasteiger partial charge in [-0.1, -0.05) is 0 Å². The van der Waals surface area contributed by atoms with Crippen molar-refractivity contribution in [3.05, 3.63) is 29.3 Å². The molecule has 0 spiro atoms. The molecule has 0 aromatic carbocycles. The van der Waals surface area contributed by atoms with E-state index < -0.39 is 0 Å². The quantitative estimate of drug-likeness (QED) is 0.923. The van der Waals surface area contributed by atoms with Crippen molar-refractivity contribution in [2.45, 2.75) is 19.4 Å². The fraction of sp³-hybridized carbons (Fsp3) is 0.500. The average molecular weight is 262 g/mol. The highest BCUT2D eigenvalue weighted by Crippen LogP contribution is 2.22. The molecule has 1 fully saturated rings. The summed E-state index contributed by atoms with van der Waals surface area (Å²) in [5.41, 5.74) is 2.37. The smallest absolute Gasteiger partial charge is 0.0809 e. The van der Waals surface area contributed by atoms with Gasteiger partial charge in [-0.15, -0.1) is 11.3 Å². The van der Waals surface area contributed by atoms with Crippen LogP contribution in [0.1, 0.15) is 18.4 Å². The largest absolute Gasteiger partial charge is 0.396 e. The zero-order chi connectivity index (χ0) is 12.4. The molecule has 0 saturated carbocycles. The molecule has 0 aliphatic carbocycles. The molecule has 1 unspecified atom stereocenters. The lowest BCUT2D eigenvalue weighted by molar-refractivity contribution is 0.116. The highest BCUT2D eigenvalue weighted by atomic mass is 32.1. The van der Waals surface area contributed by atoms with Gasteiger partial charge in [0.2, 0.25) is 0 Å². The summed E-state index contributed by atoms with van der Waals surface area (Å²) in [5, 5.41) is 11.3. The Labute approximate surface area is 111 Å². The van der Waals surface area contributed by atoms with Crippen LogP contribution in [0.3, 0.4) is 0 Å². The fourth-order valence-corrected chi connectivity index (χ4v) is 3.48. The van der Waals surface area contributed by atoms with Gasteiger partial charge in [0.25, 0.3) is 0 Å². The van der Waals surface area contributed by atoms with Crippen LogP contribution < -0.4 is 0 Å². The van der Waals surface area contributed by atoms with Gasteiger partial charge in [0.15, 0.2) is 0 Å². The van der Waals surface area contributed by atoms with E-state index >= 15 is 0 Å². The number of aromatic nitrogens is 1. The van der Waals surface area contributed by atoms with Crippen molar-refractivity contribution in [3.8, 4) is 0 Å². The van der Waals surface area contributed by atoms with Gasteiger partial charge in [0.1, 0.15) is 0 Å². The topological polar surface area (TPSA) is 36.4 Å². The van der Waals surface area contributed by atoms with Crippen LogP contribution in [0.15, 0.2) is 23.7 Å². The Morgan fingerprint density at radius 3 is 3.33 bits per heavy atom. The Balaban J connectivity index is 1.71. The van der Waals surface area contributed by atoms with Crippen LogP contribution in [0.2, 0.25) is 0 Å². The molecule has 0 bridgehead atoms. The van der Waals surface area contributed by atoms with Crippen molar-refractivity contribution in [2.24, 2.45) is 5.92 Å². The number of aliphatic hydroxyl groups excluding tert-OH is 1. The Morgan fingerprint density at radius 1 is 1.50 bits per heavy atom. The molecule has 1 N–H and O–H groups in total. The number of pyridine rings is 1. The molecule has 3 rings (SSSR count). The highest BCUT2D eigenvalue weighted by molar-refractivity contribution is 7.17. The van der Waals surface area contributed by atoms with Crippen LogP contribution in [0.4, 0.5) is 0 Å². The number of piperidine rings is 1. The Morgan fingerprint density at radius 2 is 2.44 bits per heavy atom. The molecule has 0 radical (unpaired) electrons. The molecule has 2 aromatic heterocycles. The molecule has 2 aromatic rings. The van der Waals surface area contributed by atoms with Crippen LogP contribution in [-0.2, 0) is 6.54 Å². The zero-order valence-electron chi connectivity index (χ0n) is 10.4. The first-order valence-corrected chi connectivity index (χ1v) is 7.38. The van der Waals surface area contributed by atoms with E-state index in [1.807, 2.05) is 6.20 Å². The minimum absolute atomic E-state index is 0.318. The summed E-state index contributed by atoms with van der Waals surface area (Å²) in [5.74, 6) is 0.456. The van der Waals surface area contributed by atoms with Gasteiger partial charge in [-0.25, -0.2) is 0 Å². The van der Waals surface area contributed by atoms with Crippen molar-refractivity contribution in [1.29, 1.82) is 0 Å². The summed E-state index contributed by atoms with van der Waals surface area (Å²) in [4.78, 5) is 6.91. The van der Waals surface area contributed by atoms with Gasteiger partial charge < -0.3 is 5.11 Å². The molecule has 96 valence electrons. The number of thiophene rings is 1. The fourth-order valence-electron chi connectivity index (χ4n) is 2.68. The zero-order valence-corrected chi connectivity index (χ0v) is 11.2. The van der Waals surface area contributed by atoms with Crippen LogP contribution in [0.5, 0.6) is 0 Å². The molecule has 3 nitrogen and oxygen atoms in total. The minimum Gasteiger partial charge on any atom is -0.396 e. The lowest BCUT2D eigenvalue weighted by Gasteiger charge is -2.31. The number of hydrogen-bond acceptors (Lipinski definition) is 4. The monoisotopic (exact) mass is 262 g/mol. The number of fused-ring (bicyclic) bond motifs is 1. The maximum Gasteiger partial charge on any atom is 0.0809 e. The molecule has 1 atom stereocenters. The molecule has 4 heteroatoms. The maximum absolute atomic E-state index is 9.25. The van der Waals surface area contributed by atoms with E-state index in [0.717, 1.165) is 31.6 Å². The van der Waals surface area contributed by atoms with E-state index in [4.69, 9.17) is 0 Å². The van der Waals surface area contributed by atoms with Crippen LogP contribution >= 0.6 is 11.3 Å². The van der Waals surface area contributed by atoms with E-state index in [-0.39, 0.29) is 0 Å². The first-order chi connectivity index (χ1) is 8.85.